The van der Waals surface area contributed by atoms with E-state index in [9.17, 15) is 10.1 Å². The van der Waals surface area contributed by atoms with Crippen LogP contribution in [-0.4, -0.2) is 11.5 Å². The molecule has 0 amide bonds. The predicted molar refractivity (Wildman–Crippen MR) is 81.5 cm³/mol. The smallest absolute Gasteiger partial charge is 0.270 e. The van der Waals surface area contributed by atoms with E-state index in [1.165, 1.54) is 12.1 Å². The molecule has 0 bridgehead atoms. The number of benzene rings is 2. The van der Waals surface area contributed by atoms with Gasteiger partial charge in [0.2, 0.25) is 0 Å². The van der Waals surface area contributed by atoms with E-state index >= 15 is 0 Å². The van der Waals surface area contributed by atoms with E-state index in [0.29, 0.717) is 17.3 Å². The summed E-state index contributed by atoms with van der Waals surface area (Å²) in [6.45, 7) is 0.619. The summed E-state index contributed by atoms with van der Waals surface area (Å²) < 4.78 is 0. The second kappa shape index (κ2) is 6.73. The number of halogens is 1. The van der Waals surface area contributed by atoms with Gasteiger partial charge in [-0.1, -0.05) is 23.7 Å². The number of anilines is 1. The summed E-state index contributed by atoms with van der Waals surface area (Å²) in [5.41, 5.74) is 1.89. The van der Waals surface area contributed by atoms with E-state index in [1.807, 2.05) is 30.3 Å². The fraction of sp³-hybridized carbons (Fsp3) is 0.133. The number of hydrogen-bond donors (Lipinski definition) is 1. The summed E-state index contributed by atoms with van der Waals surface area (Å²) in [6.07, 6.45) is 0.763. The van der Waals surface area contributed by atoms with Crippen molar-refractivity contribution in [2.24, 2.45) is 0 Å². The standard InChI is InChI=1S/C15H12ClN3O2/c16-13-3-1-11(2-4-13)7-8-18-15-6-5-14(19(20)21)9-12(15)10-17/h1-6,9,18H,7-8H2. The van der Waals surface area contributed by atoms with Gasteiger partial charge in [-0.2, -0.15) is 5.26 Å². The number of nitrogens with zero attached hydrogens (tertiary/aromatic N) is 2. The van der Waals surface area contributed by atoms with Gasteiger partial charge in [0.15, 0.2) is 0 Å². The van der Waals surface area contributed by atoms with E-state index in [1.54, 1.807) is 6.07 Å². The highest BCUT2D eigenvalue weighted by Crippen LogP contribution is 2.21. The van der Waals surface area contributed by atoms with Crippen LogP contribution in [0, 0.1) is 21.4 Å². The molecule has 0 unspecified atom stereocenters. The molecule has 21 heavy (non-hydrogen) atoms. The van der Waals surface area contributed by atoms with Crippen LogP contribution in [0.3, 0.4) is 0 Å². The Hall–Kier alpha value is -2.58. The van der Waals surface area contributed by atoms with Crippen LogP contribution in [0.15, 0.2) is 42.5 Å². The molecule has 0 spiro atoms. The van der Waals surface area contributed by atoms with Crippen LogP contribution in [0.2, 0.25) is 5.02 Å². The molecule has 106 valence electrons. The minimum absolute atomic E-state index is 0.0881. The SMILES string of the molecule is N#Cc1cc([N+](=O)[O-])ccc1NCCc1ccc(Cl)cc1. The second-order valence-corrected chi connectivity index (χ2v) is 4.84. The van der Waals surface area contributed by atoms with Crippen molar-refractivity contribution in [2.45, 2.75) is 6.42 Å². The zero-order chi connectivity index (χ0) is 15.2. The molecule has 0 saturated heterocycles. The van der Waals surface area contributed by atoms with Crippen LogP contribution in [0.25, 0.3) is 0 Å². The first-order chi connectivity index (χ1) is 10.1. The van der Waals surface area contributed by atoms with Crippen molar-refractivity contribution in [3.63, 3.8) is 0 Å². The van der Waals surface area contributed by atoms with E-state index in [4.69, 9.17) is 16.9 Å². The van der Waals surface area contributed by atoms with Crippen molar-refractivity contribution in [1.29, 1.82) is 5.26 Å². The molecule has 0 aliphatic heterocycles. The summed E-state index contributed by atoms with van der Waals surface area (Å²) in [6, 6.07) is 13.7. The maximum atomic E-state index is 10.7. The Kier molecular flexibility index (Phi) is 4.75. The average Bonchev–Trinajstić information content (AvgIpc) is 2.49. The monoisotopic (exact) mass is 301 g/mol. The topological polar surface area (TPSA) is 79.0 Å². The van der Waals surface area contributed by atoms with Crippen molar-refractivity contribution < 1.29 is 4.92 Å². The third-order valence-electron chi connectivity index (χ3n) is 2.98. The lowest BCUT2D eigenvalue weighted by atomic mass is 10.1. The van der Waals surface area contributed by atoms with Crippen molar-refractivity contribution >= 4 is 23.0 Å². The molecule has 0 heterocycles. The van der Waals surface area contributed by atoms with Gasteiger partial charge in [-0.3, -0.25) is 10.1 Å². The summed E-state index contributed by atoms with van der Waals surface area (Å²) in [5.74, 6) is 0. The lowest BCUT2D eigenvalue weighted by Crippen LogP contribution is -2.06. The van der Waals surface area contributed by atoms with Gasteiger partial charge in [-0.25, -0.2) is 0 Å². The Balaban J connectivity index is 2.01. The van der Waals surface area contributed by atoms with Gasteiger partial charge in [0.25, 0.3) is 5.69 Å². The van der Waals surface area contributed by atoms with Crippen LogP contribution in [0.4, 0.5) is 11.4 Å². The summed E-state index contributed by atoms with van der Waals surface area (Å²) in [5, 5.41) is 23.5. The molecule has 5 nitrogen and oxygen atoms in total. The largest absolute Gasteiger partial charge is 0.384 e. The summed E-state index contributed by atoms with van der Waals surface area (Å²) >= 11 is 5.81. The van der Waals surface area contributed by atoms with Crippen molar-refractivity contribution in [2.75, 3.05) is 11.9 Å². The molecule has 0 fully saturated rings. The third-order valence-corrected chi connectivity index (χ3v) is 3.23. The Bertz CT molecular complexity index is 693. The van der Waals surface area contributed by atoms with Crippen LogP contribution in [0.1, 0.15) is 11.1 Å². The molecule has 0 aromatic heterocycles. The van der Waals surface area contributed by atoms with E-state index in [0.717, 1.165) is 12.0 Å². The van der Waals surface area contributed by atoms with Crippen molar-refractivity contribution in [3.8, 4) is 6.07 Å². The fourth-order valence-electron chi connectivity index (χ4n) is 1.89. The minimum atomic E-state index is -0.516. The van der Waals surface area contributed by atoms with Gasteiger partial charge in [-0.15, -0.1) is 0 Å². The Morgan fingerprint density at radius 3 is 2.57 bits per heavy atom. The van der Waals surface area contributed by atoms with Gasteiger partial charge in [0, 0.05) is 23.7 Å². The molecule has 2 aromatic rings. The number of rotatable bonds is 5. The molecule has 0 saturated carbocycles. The second-order valence-electron chi connectivity index (χ2n) is 4.40. The first kappa shape index (κ1) is 14.8. The summed E-state index contributed by atoms with van der Waals surface area (Å²) in [4.78, 5) is 10.2. The molecule has 2 aromatic carbocycles. The zero-order valence-electron chi connectivity index (χ0n) is 11.0. The average molecular weight is 302 g/mol. The molecular formula is C15H12ClN3O2. The number of nitro benzene ring substituents is 1. The minimum Gasteiger partial charge on any atom is -0.384 e. The zero-order valence-corrected chi connectivity index (χ0v) is 11.8. The lowest BCUT2D eigenvalue weighted by molar-refractivity contribution is -0.384. The third kappa shape index (κ3) is 3.94. The maximum absolute atomic E-state index is 10.7. The molecule has 0 radical (unpaired) electrons. The highest BCUT2D eigenvalue weighted by Gasteiger charge is 2.10. The van der Waals surface area contributed by atoms with E-state index < -0.39 is 4.92 Å². The molecule has 0 aliphatic rings. The number of nitrogens with one attached hydrogen (secondary N) is 1. The van der Waals surface area contributed by atoms with Gasteiger partial charge in [0.05, 0.1) is 16.2 Å². The first-order valence-electron chi connectivity index (χ1n) is 6.27. The van der Waals surface area contributed by atoms with Gasteiger partial charge in [0.1, 0.15) is 6.07 Å². The van der Waals surface area contributed by atoms with Crippen molar-refractivity contribution in [1.82, 2.24) is 0 Å². The molecule has 1 N–H and O–H groups in total. The van der Waals surface area contributed by atoms with Crippen molar-refractivity contribution in [3.05, 3.63) is 68.7 Å². The fourth-order valence-corrected chi connectivity index (χ4v) is 2.01. The van der Waals surface area contributed by atoms with Crippen LogP contribution in [0.5, 0.6) is 0 Å². The Labute approximate surface area is 126 Å². The lowest BCUT2D eigenvalue weighted by Gasteiger charge is -2.08. The number of non-ortho nitro benzene ring substituents is 1. The number of hydrogen-bond acceptors (Lipinski definition) is 4. The Morgan fingerprint density at radius 2 is 1.95 bits per heavy atom. The molecule has 0 aliphatic carbocycles. The van der Waals surface area contributed by atoms with Gasteiger partial charge >= 0.3 is 0 Å². The number of nitro groups is 1. The normalized spacial score (nSPS) is 9.90. The molecule has 0 atom stereocenters. The molecular weight excluding hydrogens is 290 g/mol. The molecule has 2 rings (SSSR count). The highest BCUT2D eigenvalue weighted by atomic mass is 35.5. The van der Waals surface area contributed by atoms with Crippen LogP contribution in [-0.2, 0) is 6.42 Å². The van der Waals surface area contributed by atoms with Gasteiger partial charge in [-0.05, 0) is 30.2 Å². The maximum Gasteiger partial charge on any atom is 0.270 e. The van der Waals surface area contributed by atoms with Crippen LogP contribution >= 0.6 is 11.6 Å². The first-order valence-corrected chi connectivity index (χ1v) is 6.65. The highest BCUT2D eigenvalue weighted by molar-refractivity contribution is 6.30. The molecule has 6 heteroatoms. The predicted octanol–water partition coefficient (Wildman–Crippen LogP) is 3.77. The Morgan fingerprint density at radius 1 is 1.24 bits per heavy atom. The van der Waals surface area contributed by atoms with E-state index in [-0.39, 0.29) is 11.3 Å². The summed E-state index contributed by atoms with van der Waals surface area (Å²) in [7, 11) is 0. The van der Waals surface area contributed by atoms with E-state index in [2.05, 4.69) is 5.32 Å². The van der Waals surface area contributed by atoms with Gasteiger partial charge < -0.3 is 5.32 Å². The van der Waals surface area contributed by atoms with Crippen LogP contribution < -0.4 is 5.32 Å². The number of nitriles is 1. The quantitative estimate of drug-likeness (QED) is 0.673.